The van der Waals surface area contributed by atoms with Gasteiger partial charge in [0.1, 0.15) is 12.2 Å². The zero-order chi connectivity index (χ0) is 16.1. The Morgan fingerprint density at radius 2 is 2.26 bits per heavy atom. The zero-order valence-electron chi connectivity index (χ0n) is 12.4. The minimum absolute atomic E-state index is 0.0451. The summed E-state index contributed by atoms with van der Waals surface area (Å²) in [4.78, 5) is 26.0. The van der Waals surface area contributed by atoms with Gasteiger partial charge in [0.05, 0.1) is 13.0 Å². The number of nitriles is 1. The molecule has 1 fully saturated rings. The molecule has 0 unspecified atom stereocenters. The van der Waals surface area contributed by atoms with Crippen molar-refractivity contribution in [1.82, 2.24) is 19.9 Å². The van der Waals surface area contributed by atoms with E-state index in [1.807, 2.05) is 18.2 Å². The van der Waals surface area contributed by atoms with Gasteiger partial charge < -0.3 is 9.64 Å². The van der Waals surface area contributed by atoms with Crippen LogP contribution in [0.1, 0.15) is 17.7 Å². The zero-order valence-corrected chi connectivity index (χ0v) is 12.4. The van der Waals surface area contributed by atoms with Crippen LogP contribution in [-0.4, -0.2) is 45.0 Å². The number of aromatic nitrogens is 3. The molecule has 1 amide bonds. The molecule has 7 heteroatoms. The van der Waals surface area contributed by atoms with Crippen molar-refractivity contribution in [2.75, 3.05) is 13.1 Å². The molecule has 3 rings (SSSR count). The van der Waals surface area contributed by atoms with Crippen molar-refractivity contribution < 1.29 is 9.53 Å². The summed E-state index contributed by atoms with van der Waals surface area (Å²) in [6.07, 6.45) is 7.18. The van der Waals surface area contributed by atoms with Crippen molar-refractivity contribution in [1.29, 1.82) is 5.26 Å². The molecule has 0 saturated carbocycles. The van der Waals surface area contributed by atoms with Crippen molar-refractivity contribution in [3.8, 4) is 11.9 Å². The molecule has 0 N–H and O–H groups in total. The van der Waals surface area contributed by atoms with Gasteiger partial charge in [0, 0.05) is 37.8 Å². The van der Waals surface area contributed by atoms with Gasteiger partial charge in [-0.05, 0) is 11.6 Å². The topological polar surface area (TPSA) is 92.0 Å². The van der Waals surface area contributed by atoms with Crippen LogP contribution >= 0.6 is 0 Å². The molecule has 7 nitrogen and oxygen atoms in total. The van der Waals surface area contributed by atoms with E-state index < -0.39 is 0 Å². The maximum atomic E-state index is 12.3. The second kappa shape index (κ2) is 6.83. The van der Waals surface area contributed by atoms with Crippen LogP contribution in [0.15, 0.2) is 36.9 Å². The molecule has 1 saturated heterocycles. The van der Waals surface area contributed by atoms with Crippen LogP contribution in [0.4, 0.5) is 0 Å². The molecule has 3 heterocycles. The van der Waals surface area contributed by atoms with E-state index in [4.69, 9.17) is 10.00 Å². The van der Waals surface area contributed by atoms with Gasteiger partial charge in [-0.1, -0.05) is 6.07 Å². The van der Waals surface area contributed by atoms with E-state index in [1.54, 1.807) is 17.3 Å². The Morgan fingerprint density at radius 1 is 1.39 bits per heavy atom. The highest BCUT2D eigenvalue weighted by Crippen LogP contribution is 2.19. The number of carbonyl (C=O) groups excluding carboxylic acids is 1. The number of hydrogen-bond donors (Lipinski definition) is 0. The van der Waals surface area contributed by atoms with E-state index in [-0.39, 0.29) is 23.6 Å². The summed E-state index contributed by atoms with van der Waals surface area (Å²) in [6.45, 7) is 1.12. The van der Waals surface area contributed by atoms with E-state index in [9.17, 15) is 4.79 Å². The normalized spacial score (nSPS) is 16.8. The second-order valence-electron chi connectivity index (χ2n) is 5.23. The third-order valence-electron chi connectivity index (χ3n) is 3.62. The molecule has 116 valence electrons. The van der Waals surface area contributed by atoms with Gasteiger partial charge in [-0.15, -0.1) is 0 Å². The maximum Gasteiger partial charge on any atom is 0.251 e. The van der Waals surface area contributed by atoms with Gasteiger partial charge in [0.15, 0.2) is 0 Å². The quantitative estimate of drug-likeness (QED) is 0.835. The molecular formula is C16H15N5O2. The Balaban J connectivity index is 1.58. The van der Waals surface area contributed by atoms with Crippen LogP contribution in [0.5, 0.6) is 5.88 Å². The molecule has 1 aliphatic heterocycles. The monoisotopic (exact) mass is 309 g/mol. The fourth-order valence-electron chi connectivity index (χ4n) is 2.49. The van der Waals surface area contributed by atoms with E-state index in [0.29, 0.717) is 25.9 Å². The number of amides is 1. The first-order chi connectivity index (χ1) is 11.3. The number of ether oxygens (including phenoxy) is 1. The molecule has 0 radical (unpaired) electrons. The minimum Gasteiger partial charge on any atom is -0.470 e. The van der Waals surface area contributed by atoms with Crippen LogP contribution in [0, 0.1) is 11.3 Å². The third-order valence-corrected chi connectivity index (χ3v) is 3.62. The van der Waals surface area contributed by atoms with Crippen LogP contribution in [0.3, 0.4) is 0 Å². The van der Waals surface area contributed by atoms with Gasteiger partial charge in [-0.25, -0.2) is 9.97 Å². The first-order valence-corrected chi connectivity index (χ1v) is 7.30. The lowest BCUT2D eigenvalue weighted by molar-refractivity contribution is -0.129. The molecule has 0 aliphatic carbocycles. The van der Waals surface area contributed by atoms with Gasteiger partial charge in [-0.2, -0.15) is 5.26 Å². The summed E-state index contributed by atoms with van der Waals surface area (Å²) < 4.78 is 5.73. The molecule has 1 aliphatic rings. The van der Waals surface area contributed by atoms with E-state index in [0.717, 1.165) is 5.56 Å². The van der Waals surface area contributed by atoms with Crippen molar-refractivity contribution in [3.05, 3.63) is 48.2 Å². The molecule has 23 heavy (non-hydrogen) atoms. The van der Waals surface area contributed by atoms with Gasteiger partial charge in [-0.3, -0.25) is 9.78 Å². The highest BCUT2D eigenvalue weighted by Gasteiger charge is 2.28. The van der Waals surface area contributed by atoms with E-state index in [1.165, 1.54) is 12.4 Å². The Bertz CT molecular complexity index is 729. The van der Waals surface area contributed by atoms with Crippen LogP contribution in [0.25, 0.3) is 0 Å². The average Bonchev–Trinajstić information content (AvgIpc) is 3.05. The van der Waals surface area contributed by atoms with Crippen molar-refractivity contribution in [2.45, 2.75) is 18.9 Å². The average molecular weight is 309 g/mol. The summed E-state index contributed by atoms with van der Waals surface area (Å²) >= 11 is 0. The number of pyridine rings is 1. The molecule has 1 atom stereocenters. The molecular weight excluding hydrogens is 294 g/mol. The summed E-state index contributed by atoms with van der Waals surface area (Å²) in [6, 6.07) is 5.65. The summed E-state index contributed by atoms with van der Waals surface area (Å²) in [5.74, 6) is 0.269. The lowest BCUT2D eigenvalue weighted by Gasteiger charge is -2.17. The number of hydrogen-bond acceptors (Lipinski definition) is 6. The van der Waals surface area contributed by atoms with Crippen LogP contribution in [0.2, 0.25) is 0 Å². The van der Waals surface area contributed by atoms with Crippen molar-refractivity contribution >= 4 is 5.91 Å². The lowest BCUT2D eigenvalue weighted by Crippen LogP contribution is -2.32. The fraction of sp³-hybridized carbons (Fsp3) is 0.312. The molecule has 2 aromatic heterocycles. The maximum absolute atomic E-state index is 12.3. The highest BCUT2D eigenvalue weighted by atomic mass is 16.5. The number of likely N-dealkylation sites (tertiary alicyclic amines) is 1. The molecule has 0 spiro atoms. The summed E-state index contributed by atoms with van der Waals surface area (Å²) in [7, 11) is 0. The molecule has 2 aromatic rings. The Labute approximate surface area is 133 Å². The SMILES string of the molecule is N#Cc1nccnc1O[C@H]1CCN(C(=O)Cc2cccnc2)C1. The fourth-order valence-corrected chi connectivity index (χ4v) is 2.49. The standard InChI is InChI=1S/C16H15N5O2/c17-9-14-16(20-6-5-19-14)23-13-3-7-21(11-13)15(22)8-12-2-1-4-18-10-12/h1-2,4-6,10,13H,3,7-8,11H2/t13-/m0/s1. The van der Waals surface area contributed by atoms with E-state index >= 15 is 0 Å². The number of rotatable bonds is 4. The third kappa shape index (κ3) is 3.61. The number of carbonyl (C=O) groups is 1. The Morgan fingerprint density at radius 3 is 3.04 bits per heavy atom. The highest BCUT2D eigenvalue weighted by molar-refractivity contribution is 5.79. The van der Waals surface area contributed by atoms with Gasteiger partial charge in [0.2, 0.25) is 11.6 Å². The molecule has 0 bridgehead atoms. The van der Waals surface area contributed by atoms with Crippen molar-refractivity contribution in [2.24, 2.45) is 0 Å². The Kier molecular flexibility index (Phi) is 4.43. The summed E-state index contributed by atoms with van der Waals surface area (Å²) in [5, 5.41) is 8.99. The van der Waals surface area contributed by atoms with Crippen LogP contribution in [-0.2, 0) is 11.2 Å². The first kappa shape index (κ1) is 14.9. The van der Waals surface area contributed by atoms with Crippen molar-refractivity contribution in [3.63, 3.8) is 0 Å². The van der Waals surface area contributed by atoms with Gasteiger partial charge in [0.25, 0.3) is 5.88 Å². The minimum atomic E-state index is -0.170. The first-order valence-electron chi connectivity index (χ1n) is 7.30. The number of nitrogens with zero attached hydrogens (tertiary/aromatic N) is 5. The van der Waals surface area contributed by atoms with E-state index in [2.05, 4.69) is 15.0 Å². The van der Waals surface area contributed by atoms with Gasteiger partial charge >= 0.3 is 0 Å². The Hall–Kier alpha value is -3.01. The predicted molar refractivity (Wildman–Crippen MR) is 80.3 cm³/mol. The second-order valence-corrected chi connectivity index (χ2v) is 5.23. The smallest absolute Gasteiger partial charge is 0.251 e. The van der Waals surface area contributed by atoms with Crippen LogP contribution < -0.4 is 4.74 Å². The lowest BCUT2D eigenvalue weighted by atomic mass is 10.2. The largest absolute Gasteiger partial charge is 0.470 e. The summed E-state index contributed by atoms with van der Waals surface area (Å²) in [5.41, 5.74) is 1.05. The predicted octanol–water partition coefficient (Wildman–Crippen LogP) is 0.966. The molecule has 0 aromatic carbocycles.